The van der Waals surface area contributed by atoms with Crippen LogP contribution in [0.5, 0.6) is 0 Å². The van der Waals surface area contributed by atoms with E-state index in [4.69, 9.17) is 0 Å². The summed E-state index contributed by atoms with van der Waals surface area (Å²) in [6.45, 7) is 1.32. The van der Waals surface area contributed by atoms with Crippen molar-refractivity contribution in [1.29, 1.82) is 0 Å². The molecule has 3 aromatic rings. The van der Waals surface area contributed by atoms with Crippen molar-refractivity contribution in [3.8, 4) is 0 Å². The van der Waals surface area contributed by atoms with E-state index in [0.717, 1.165) is 28.8 Å². The number of hydrogen-bond donors (Lipinski definition) is 2. The Morgan fingerprint density at radius 1 is 0.931 bits per heavy atom. The molecule has 0 unspecified atom stereocenters. The molecule has 0 saturated heterocycles. The number of halogens is 3. The summed E-state index contributed by atoms with van der Waals surface area (Å²) in [4.78, 5) is 15.8. The Morgan fingerprint density at radius 2 is 1.59 bits per heavy atom. The molecule has 0 fully saturated rings. The number of carbonyl (C=O) groups excluding carboxylic acids is 1. The van der Waals surface area contributed by atoms with Gasteiger partial charge in [-0.2, -0.15) is 18.3 Å². The first-order valence-corrected chi connectivity index (χ1v) is 8.98. The van der Waals surface area contributed by atoms with Gasteiger partial charge in [-0.25, -0.2) is 14.5 Å². The minimum atomic E-state index is -4.34. The Hall–Kier alpha value is -3.36. The van der Waals surface area contributed by atoms with Gasteiger partial charge in [0.1, 0.15) is 12.7 Å². The number of nitrogens with zero attached hydrogens (tertiary/aromatic N) is 3. The second-order valence-corrected chi connectivity index (χ2v) is 6.46. The summed E-state index contributed by atoms with van der Waals surface area (Å²) in [6.07, 6.45) is -0.771. The third-order valence-electron chi connectivity index (χ3n) is 4.27. The Kier molecular flexibility index (Phi) is 6.48. The summed E-state index contributed by atoms with van der Waals surface area (Å²) in [6, 6.07) is 12.4. The minimum Gasteiger partial charge on any atom is -0.338 e. The quantitative estimate of drug-likeness (QED) is 0.635. The molecule has 152 valence electrons. The molecule has 9 heteroatoms. The molecule has 0 aliphatic heterocycles. The maximum absolute atomic E-state index is 12.5. The van der Waals surface area contributed by atoms with E-state index in [1.54, 1.807) is 11.0 Å². The first kappa shape index (κ1) is 20.4. The van der Waals surface area contributed by atoms with Gasteiger partial charge >= 0.3 is 12.2 Å². The van der Waals surface area contributed by atoms with Crippen LogP contribution in [0.4, 0.5) is 18.0 Å². The Labute approximate surface area is 165 Å². The highest BCUT2D eigenvalue weighted by molar-refractivity contribution is 5.73. The Balaban J connectivity index is 1.37. The number of benzene rings is 2. The van der Waals surface area contributed by atoms with E-state index in [2.05, 4.69) is 20.7 Å². The second kappa shape index (κ2) is 9.22. The highest BCUT2D eigenvalue weighted by Crippen LogP contribution is 2.29. The molecule has 1 heterocycles. The molecule has 0 saturated carbocycles. The average Bonchev–Trinajstić information content (AvgIpc) is 3.20. The predicted octanol–water partition coefficient (Wildman–Crippen LogP) is 3.39. The predicted molar refractivity (Wildman–Crippen MR) is 101 cm³/mol. The molecule has 0 radical (unpaired) electrons. The van der Waals surface area contributed by atoms with Crippen molar-refractivity contribution in [2.75, 3.05) is 6.54 Å². The van der Waals surface area contributed by atoms with Gasteiger partial charge < -0.3 is 10.6 Å². The average molecular weight is 403 g/mol. The monoisotopic (exact) mass is 403 g/mol. The molecule has 0 aliphatic rings. The summed E-state index contributed by atoms with van der Waals surface area (Å²) >= 11 is 0. The van der Waals surface area contributed by atoms with Crippen molar-refractivity contribution < 1.29 is 18.0 Å². The lowest BCUT2D eigenvalue weighted by atomic mass is 10.1. The van der Waals surface area contributed by atoms with Gasteiger partial charge in [0.05, 0.1) is 12.1 Å². The lowest BCUT2D eigenvalue weighted by Gasteiger charge is -2.10. The van der Waals surface area contributed by atoms with Crippen LogP contribution in [0.1, 0.15) is 22.3 Å². The SMILES string of the molecule is O=C(NCCc1ccc(C(F)(F)F)cc1)NCc1ccc(Cn2cncn2)cc1. The van der Waals surface area contributed by atoms with E-state index in [0.29, 0.717) is 26.1 Å². The Morgan fingerprint density at radius 3 is 2.21 bits per heavy atom. The summed E-state index contributed by atoms with van der Waals surface area (Å²) in [7, 11) is 0. The number of carbonyl (C=O) groups is 1. The lowest BCUT2D eigenvalue weighted by molar-refractivity contribution is -0.137. The summed E-state index contributed by atoms with van der Waals surface area (Å²) in [5, 5.41) is 9.50. The molecule has 0 bridgehead atoms. The largest absolute Gasteiger partial charge is 0.416 e. The molecular weight excluding hydrogens is 383 g/mol. The molecule has 0 aliphatic carbocycles. The molecule has 29 heavy (non-hydrogen) atoms. The lowest BCUT2D eigenvalue weighted by Crippen LogP contribution is -2.36. The first-order chi connectivity index (χ1) is 13.9. The van der Waals surface area contributed by atoms with Gasteiger partial charge in [-0.3, -0.25) is 0 Å². The van der Waals surface area contributed by atoms with Crippen molar-refractivity contribution in [3.05, 3.63) is 83.4 Å². The summed E-state index contributed by atoms with van der Waals surface area (Å²) < 4.78 is 39.3. The molecule has 3 rings (SSSR count). The number of alkyl halides is 3. The van der Waals surface area contributed by atoms with Crippen LogP contribution in [-0.2, 0) is 25.7 Å². The van der Waals surface area contributed by atoms with Crippen molar-refractivity contribution in [2.24, 2.45) is 0 Å². The molecule has 2 amide bonds. The maximum Gasteiger partial charge on any atom is 0.416 e. The van der Waals surface area contributed by atoms with Gasteiger partial charge in [0.25, 0.3) is 0 Å². The molecule has 0 atom stereocenters. The number of amides is 2. The zero-order valence-corrected chi connectivity index (χ0v) is 15.5. The van der Waals surface area contributed by atoms with Gasteiger partial charge in [0.2, 0.25) is 0 Å². The number of hydrogen-bond acceptors (Lipinski definition) is 3. The fraction of sp³-hybridized carbons (Fsp3) is 0.250. The van der Waals surface area contributed by atoms with Crippen LogP contribution in [0.25, 0.3) is 0 Å². The normalized spacial score (nSPS) is 11.3. The molecular formula is C20H20F3N5O. The van der Waals surface area contributed by atoms with E-state index in [1.807, 2.05) is 24.3 Å². The van der Waals surface area contributed by atoms with Gasteiger partial charge in [-0.15, -0.1) is 0 Å². The fourth-order valence-corrected chi connectivity index (χ4v) is 2.69. The molecule has 0 spiro atoms. The smallest absolute Gasteiger partial charge is 0.338 e. The van der Waals surface area contributed by atoms with Crippen LogP contribution in [-0.4, -0.2) is 27.3 Å². The van der Waals surface area contributed by atoms with E-state index in [-0.39, 0.29) is 6.03 Å². The summed E-state index contributed by atoms with van der Waals surface area (Å²) in [5.41, 5.74) is 2.06. The topological polar surface area (TPSA) is 71.8 Å². The van der Waals surface area contributed by atoms with Gasteiger partial charge in [-0.05, 0) is 35.2 Å². The molecule has 2 N–H and O–H groups in total. The standard InChI is InChI=1S/C20H20F3N5O/c21-20(22,23)18-7-5-15(6-8-18)9-10-25-19(29)26-11-16-1-3-17(4-2-16)12-28-14-24-13-27-28/h1-8,13-14H,9-12H2,(H2,25,26,29). The molecule has 1 aromatic heterocycles. The van der Waals surface area contributed by atoms with Crippen LogP contribution in [0.3, 0.4) is 0 Å². The van der Waals surface area contributed by atoms with E-state index < -0.39 is 11.7 Å². The fourth-order valence-electron chi connectivity index (χ4n) is 2.69. The van der Waals surface area contributed by atoms with E-state index in [1.165, 1.54) is 18.5 Å². The number of nitrogens with one attached hydrogen (secondary N) is 2. The third kappa shape index (κ3) is 6.34. The van der Waals surface area contributed by atoms with Crippen molar-refractivity contribution in [3.63, 3.8) is 0 Å². The van der Waals surface area contributed by atoms with Crippen LogP contribution in [0.15, 0.2) is 61.2 Å². The van der Waals surface area contributed by atoms with Gasteiger partial charge in [0.15, 0.2) is 0 Å². The summed E-state index contributed by atoms with van der Waals surface area (Å²) in [5.74, 6) is 0. The molecule has 2 aromatic carbocycles. The van der Waals surface area contributed by atoms with Crippen molar-refractivity contribution in [2.45, 2.75) is 25.7 Å². The Bertz CT molecular complexity index is 907. The van der Waals surface area contributed by atoms with Crippen molar-refractivity contribution in [1.82, 2.24) is 25.4 Å². The minimum absolute atomic E-state index is 0.327. The van der Waals surface area contributed by atoms with Gasteiger partial charge in [-0.1, -0.05) is 36.4 Å². The highest BCUT2D eigenvalue weighted by atomic mass is 19.4. The van der Waals surface area contributed by atoms with Crippen LogP contribution >= 0.6 is 0 Å². The van der Waals surface area contributed by atoms with Gasteiger partial charge in [0, 0.05) is 13.1 Å². The zero-order valence-electron chi connectivity index (χ0n) is 15.5. The number of urea groups is 1. The highest BCUT2D eigenvalue weighted by Gasteiger charge is 2.29. The molecule has 6 nitrogen and oxygen atoms in total. The van der Waals surface area contributed by atoms with Crippen LogP contribution < -0.4 is 10.6 Å². The zero-order chi connectivity index (χ0) is 20.7. The second-order valence-electron chi connectivity index (χ2n) is 6.46. The van der Waals surface area contributed by atoms with Crippen molar-refractivity contribution >= 4 is 6.03 Å². The maximum atomic E-state index is 12.5. The number of rotatable bonds is 7. The van der Waals surface area contributed by atoms with Crippen LogP contribution in [0, 0.1) is 0 Å². The number of aromatic nitrogens is 3. The first-order valence-electron chi connectivity index (χ1n) is 8.98. The van der Waals surface area contributed by atoms with E-state index >= 15 is 0 Å². The van der Waals surface area contributed by atoms with Crippen LogP contribution in [0.2, 0.25) is 0 Å². The third-order valence-corrected chi connectivity index (χ3v) is 4.27. The van der Waals surface area contributed by atoms with E-state index in [9.17, 15) is 18.0 Å².